The molecule has 0 radical (unpaired) electrons. The number of hydrogen-bond donors (Lipinski definition) is 1. The topological polar surface area (TPSA) is 57.6 Å². The minimum absolute atomic E-state index is 0.0266. The molecule has 4 heteroatoms. The highest BCUT2D eigenvalue weighted by atomic mass is 16.4. The first-order chi connectivity index (χ1) is 10.6. The first-order valence-corrected chi connectivity index (χ1v) is 7.92. The zero-order chi connectivity index (χ0) is 15.3. The minimum Gasteiger partial charge on any atom is -0.481 e. The summed E-state index contributed by atoms with van der Waals surface area (Å²) in [5.41, 5.74) is 2.49. The van der Waals surface area contributed by atoms with Gasteiger partial charge in [-0.05, 0) is 35.8 Å². The highest BCUT2D eigenvalue weighted by Crippen LogP contribution is 2.49. The molecule has 2 aliphatic carbocycles. The van der Waals surface area contributed by atoms with Crippen LogP contribution in [0.5, 0.6) is 0 Å². The molecule has 1 saturated carbocycles. The molecule has 4 unspecified atom stereocenters. The van der Waals surface area contributed by atoms with Crippen molar-refractivity contribution in [3.63, 3.8) is 0 Å². The molecule has 4 nitrogen and oxygen atoms in total. The van der Waals surface area contributed by atoms with Crippen molar-refractivity contribution in [2.75, 3.05) is 6.54 Å². The van der Waals surface area contributed by atoms with Gasteiger partial charge in [-0.25, -0.2) is 0 Å². The van der Waals surface area contributed by atoms with Gasteiger partial charge >= 0.3 is 5.97 Å². The summed E-state index contributed by atoms with van der Waals surface area (Å²) in [6.07, 6.45) is 5.71. The number of allylic oxidation sites excluding steroid dienone is 2. The van der Waals surface area contributed by atoms with E-state index in [4.69, 9.17) is 0 Å². The van der Waals surface area contributed by atoms with E-state index in [1.807, 2.05) is 29.2 Å². The van der Waals surface area contributed by atoms with Gasteiger partial charge in [0.2, 0.25) is 5.91 Å². The molecule has 1 aliphatic heterocycles. The number of aliphatic carboxylic acids is 1. The quantitative estimate of drug-likeness (QED) is 0.850. The summed E-state index contributed by atoms with van der Waals surface area (Å²) in [7, 11) is 0. The number of carbonyl (C=O) groups excluding carboxylic acids is 1. The number of carboxylic acid groups (broad SMARTS) is 1. The minimum atomic E-state index is -0.826. The highest BCUT2D eigenvalue weighted by Gasteiger charge is 2.52. The van der Waals surface area contributed by atoms with Gasteiger partial charge in [-0.15, -0.1) is 0 Å². The standard InChI is InChI=1S/C18H19NO3/c20-17(15-12-5-6-13(9-12)16(15)18(21)22)19-8-7-11-3-1-2-4-14(11)10-19/h1-6,12-13,15-16H,7-10H2,(H,21,22). The number of benzene rings is 1. The van der Waals surface area contributed by atoms with Crippen LogP contribution in [0.2, 0.25) is 0 Å². The predicted octanol–water partition coefficient (Wildman–Crippen LogP) is 2.09. The Bertz CT molecular complexity index is 666. The molecule has 4 atom stereocenters. The third-order valence-electron chi connectivity index (χ3n) is 5.47. The number of hydrogen-bond acceptors (Lipinski definition) is 2. The monoisotopic (exact) mass is 297 g/mol. The molecule has 1 heterocycles. The fourth-order valence-corrected chi connectivity index (χ4v) is 4.39. The molecule has 22 heavy (non-hydrogen) atoms. The first kappa shape index (κ1) is 13.6. The summed E-state index contributed by atoms with van der Waals surface area (Å²) in [4.78, 5) is 26.4. The molecule has 1 aromatic carbocycles. The van der Waals surface area contributed by atoms with Crippen molar-refractivity contribution in [1.29, 1.82) is 0 Å². The van der Waals surface area contributed by atoms with Crippen molar-refractivity contribution >= 4 is 11.9 Å². The second kappa shape index (κ2) is 4.97. The number of rotatable bonds is 2. The van der Waals surface area contributed by atoms with Crippen LogP contribution in [0.3, 0.4) is 0 Å². The number of amides is 1. The molecule has 0 saturated heterocycles. The average Bonchev–Trinajstić information content (AvgIpc) is 3.14. The van der Waals surface area contributed by atoms with Crippen LogP contribution in [0.25, 0.3) is 0 Å². The van der Waals surface area contributed by atoms with Crippen molar-refractivity contribution < 1.29 is 14.7 Å². The normalized spacial score (nSPS) is 32.1. The Morgan fingerprint density at radius 1 is 1.05 bits per heavy atom. The van der Waals surface area contributed by atoms with Gasteiger partial charge in [-0.2, -0.15) is 0 Å². The van der Waals surface area contributed by atoms with E-state index in [1.165, 1.54) is 11.1 Å². The fraction of sp³-hybridized carbons (Fsp3) is 0.444. The third-order valence-corrected chi connectivity index (χ3v) is 5.47. The lowest BCUT2D eigenvalue weighted by Crippen LogP contribution is -2.44. The Labute approximate surface area is 129 Å². The van der Waals surface area contributed by atoms with Crippen LogP contribution < -0.4 is 0 Å². The Morgan fingerprint density at radius 3 is 2.45 bits per heavy atom. The summed E-state index contributed by atoms with van der Waals surface area (Å²) in [6, 6.07) is 8.19. The van der Waals surface area contributed by atoms with E-state index in [0.29, 0.717) is 13.1 Å². The average molecular weight is 297 g/mol. The lowest BCUT2D eigenvalue weighted by atomic mass is 9.81. The molecule has 4 rings (SSSR count). The number of carboxylic acids is 1. The van der Waals surface area contributed by atoms with Crippen molar-refractivity contribution in [2.45, 2.75) is 19.4 Å². The van der Waals surface area contributed by atoms with Crippen LogP contribution in [-0.4, -0.2) is 28.4 Å². The van der Waals surface area contributed by atoms with Crippen LogP contribution >= 0.6 is 0 Å². The smallest absolute Gasteiger partial charge is 0.307 e. The van der Waals surface area contributed by atoms with Gasteiger partial charge < -0.3 is 10.0 Å². The maximum Gasteiger partial charge on any atom is 0.307 e. The number of nitrogens with zero attached hydrogens (tertiary/aromatic N) is 1. The summed E-state index contributed by atoms with van der Waals surface area (Å²) in [6.45, 7) is 1.30. The van der Waals surface area contributed by atoms with Crippen LogP contribution in [0.4, 0.5) is 0 Å². The van der Waals surface area contributed by atoms with Gasteiger partial charge in [-0.3, -0.25) is 9.59 Å². The van der Waals surface area contributed by atoms with Gasteiger partial charge in [-0.1, -0.05) is 36.4 Å². The molecule has 1 amide bonds. The summed E-state index contributed by atoms with van der Waals surface area (Å²) < 4.78 is 0. The van der Waals surface area contributed by atoms with E-state index in [9.17, 15) is 14.7 Å². The molecule has 3 aliphatic rings. The molecular formula is C18H19NO3. The zero-order valence-electron chi connectivity index (χ0n) is 12.3. The van der Waals surface area contributed by atoms with Crippen molar-refractivity contribution in [1.82, 2.24) is 4.90 Å². The van der Waals surface area contributed by atoms with Crippen LogP contribution in [0.1, 0.15) is 17.5 Å². The number of fused-ring (bicyclic) bond motifs is 3. The molecule has 0 aromatic heterocycles. The van der Waals surface area contributed by atoms with E-state index >= 15 is 0 Å². The predicted molar refractivity (Wildman–Crippen MR) is 80.9 cm³/mol. The SMILES string of the molecule is O=C(O)C1C2C=CC(C2)C1C(=O)N1CCc2ccccc2C1. The summed E-state index contributed by atoms with van der Waals surface area (Å²) >= 11 is 0. The lowest BCUT2D eigenvalue weighted by molar-refractivity contribution is -0.151. The molecular weight excluding hydrogens is 278 g/mol. The van der Waals surface area contributed by atoms with Crippen molar-refractivity contribution in [2.24, 2.45) is 23.7 Å². The van der Waals surface area contributed by atoms with E-state index < -0.39 is 11.9 Å². The van der Waals surface area contributed by atoms with E-state index in [1.54, 1.807) is 0 Å². The molecule has 114 valence electrons. The lowest BCUT2D eigenvalue weighted by Gasteiger charge is -2.34. The Morgan fingerprint density at radius 2 is 1.73 bits per heavy atom. The van der Waals surface area contributed by atoms with Gasteiger partial charge in [0, 0.05) is 13.1 Å². The van der Waals surface area contributed by atoms with Crippen LogP contribution in [0.15, 0.2) is 36.4 Å². The maximum atomic E-state index is 12.9. The Hall–Kier alpha value is -2.10. The highest BCUT2D eigenvalue weighted by molar-refractivity contribution is 5.87. The molecule has 0 spiro atoms. The molecule has 2 bridgehead atoms. The first-order valence-electron chi connectivity index (χ1n) is 7.92. The second-order valence-electron chi connectivity index (χ2n) is 6.62. The summed E-state index contributed by atoms with van der Waals surface area (Å²) in [5, 5.41) is 9.51. The fourth-order valence-electron chi connectivity index (χ4n) is 4.39. The van der Waals surface area contributed by atoms with Crippen molar-refractivity contribution in [3.05, 3.63) is 47.5 Å². The van der Waals surface area contributed by atoms with Gasteiger partial charge in [0.15, 0.2) is 0 Å². The van der Waals surface area contributed by atoms with Crippen molar-refractivity contribution in [3.8, 4) is 0 Å². The maximum absolute atomic E-state index is 12.9. The van der Waals surface area contributed by atoms with E-state index in [-0.39, 0.29) is 23.7 Å². The molecule has 1 aromatic rings. The Kier molecular flexibility index (Phi) is 3.06. The van der Waals surface area contributed by atoms with Crippen LogP contribution in [-0.2, 0) is 22.6 Å². The van der Waals surface area contributed by atoms with Gasteiger partial charge in [0.25, 0.3) is 0 Å². The van der Waals surface area contributed by atoms with Gasteiger partial charge in [0.1, 0.15) is 0 Å². The third kappa shape index (κ3) is 1.97. The largest absolute Gasteiger partial charge is 0.481 e. The van der Waals surface area contributed by atoms with Gasteiger partial charge in [0.05, 0.1) is 11.8 Å². The summed E-state index contributed by atoms with van der Waals surface area (Å²) in [5.74, 6) is -1.58. The second-order valence-corrected chi connectivity index (χ2v) is 6.62. The van der Waals surface area contributed by atoms with E-state index in [0.717, 1.165) is 12.8 Å². The van der Waals surface area contributed by atoms with Crippen LogP contribution in [0, 0.1) is 23.7 Å². The zero-order valence-corrected chi connectivity index (χ0v) is 12.3. The Balaban J connectivity index is 1.58. The van der Waals surface area contributed by atoms with E-state index in [2.05, 4.69) is 12.1 Å². The number of carbonyl (C=O) groups is 2. The molecule has 1 N–H and O–H groups in total. The molecule has 1 fully saturated rings.